The van der Waals surface area contributed by atoms with Crippen LogP contribution in [-0.4, -0.2) is 28.6 Å². The van der Waals surface area contributed by atoms with Gasteiger partial charge in [0, 0.05) is 25.0 Å². The molecule has 1 aliphatic carbocycles. The molecule has 1 heterocycles. The second kappa shape index (κ2) is 7.06. The molecule has 4 nitrogen and oxygen atoms in total. The van der Waals surface area contributed by atoms with Gasteiger partial charge in [-0.05, 0) is 18.9 Å². The van der Waals surface area contributed by atoms with Crippen molar-refractivity contribution >= 4 is 17.2 Å². The molecule has 2 N–H and O–H groups in total. The third-order valence-electron chi connectivity index (χ3n) is 3.97. The number of carbonyl (C=O) groups excluding carboxylic acids is 1. The average Bonchev–Trinajstić information content (AvgIpc) is 3.14. The van der Waals surface area contributed by atoms with E-state index in [1.54, 1.807) is 0 Å². The van der Waals surface area contributed by atoms with E-state index in [1.165, 1.54) is 16.9 Å². The van der Waals surface area contributed by atoms with Gasteiger partial charge >= 0.3 is 0 Å². The van der Waals surface area contributed by atoms with Crippen LogP contribution in [0.5, 0.6) is 0 Å². The lowest BCUT2D eigenvalue weighted by Gasteiger charge is -2.11. The summed E-state index contributed by atoms with van der Waals surface area (Å²) in [6, 6.07) is 10.1. The molecule has 23 heavy (non-hydrogen) atoms. The number of thiazole rings is 1. The number of benzene rings is 1. The number of rotatable bonds is 5. The standard InChI is InChI=1S/C18H20N2O2S/c1-12-17(18(22)20-15-8-7-14(9-15)11-21)23-16(19-12)10-13-5-3-2-4-6-13/h2-8,14-15,21H,9-11H2,1H3,(H,20,22)/t14-,15+/m0/s1. The first kappa shape index (κ1) is 15.9. The molecule has 1 aromatic carbocycles. The van der Waals surface area contributed by atoms with Crippen molar-refractivity contribution < 1.29 is 9.90 Å². The van der Waals surface area contributed by atoms with Crippen LogP contribution < -0.4 is 5.32 Å². The normalized spacial score (nSPS) is 19.9. The van der Waals surface area contributed by atoms with Gasteiger partial charge in [0.2, 0.25) is 0 Å². The quantitative estimate of drug-likeness (QED) is 0.830. The van der Waals surface area contributed by atoms with Gasteiger partial charge in [-0.25, -0.2) is 4.98 Å². The second-order valence-electron chi connectivity index (χ2n) is 5.83. The molecule has 1 aromatic heterocycles. The lowest BCUT2D eigenvalue weighted by Crippen LogP contribution is -2.32. The van der Waals surface area contributed by atoms with E-state index in [9.17, 15) is 4.79 Å². The fourth-order valence-electron chi connectivity index (χ4n) is 2.76. The molecule has 120 valence electrons. The Labute approximate surface area is 139 Å². The van der Waals surface area contributed by atoms with Crippen molar-refractivity contribution in [2.75, 3.05) is 6.61 Å². The SMILES string of the molecule is Cc1nc(Cc2ccccc2)sc1C(=O)N[C@@H]1C=C[C@H](CO)C1. The van der Waals surface area contributed by atoms with E-state index in [0.29, 0.717) is 4.88 Å². The lowest BCUT2D eigenvalue weighted by atomic mass is 10.1. The molecule has 0 aliphatic heterocycles. The predicted octanol–water partition coefficient (Wildman–Crippen LogP) is 2.71. The summed E-state index contributed by atoms with van der Waals surface area (Å²) in [5, 5.41) is 13.1. The van der Waals surface area contributed by atoms with E-state index in [4.69, 9.17) is 5.11 Å². The molecule has 0 saturated heterocycles. The minimum Gasteiger partial charge on any atom is -0.396 e. The zero-order valence-electron chi connectivity index (χ0n) is 13.0. The summed E-state index contributed by atoms with van der Waals surface area (Å²) >= 11 is 1.46. The van der Waals surface area contributed by atoms with Crippen LogP contribution in [0.3, 0.4) is 0 Å². The Morgan fingerprint density at radius 3 is 2.83 bits per heavy atom. The molecule has 5 heteroatoms. The molecule has 0 radical (unpaired) electrons. The zero-order valence-corrected chi connectivity index (χ0v) is 13.8. The fourth-order valence-corrected chi connectivity index (χ4v) is 3.76. The van der Waals surface area contributed by atoms with E-state index in [0.717, 1.165) is 23.5 Å². The number of hydrogen-bond donors (Lipinski definition) is 2. The summed E-state index contributed by atoms with van der Waals surface area (Å²) in [5.41, 5.74) is 1.97. The first-order valence-corrected chi connectivity index (χ1v) is 8.57. The molecular formula is C18H20N2O2S. The third kappa shape index (κ3) is 3.86. The predicted molar refractivity (Wildman–Crippen MR) is 91.7 cm³/mol. The van der Waals surface area contributed by atoms with Crippen molar-refractivity contribution in [1.29, 1.82) is 0 Å². The van der Waals surface area contributed by atoms with Crippen LogP contribution in [0.4, 0.5) is 0 Å². The Morgan fingerprint density at radius 2 is 2.13 bits per heavy atom. The minimum atomic E-state index is -0.0763. The van der Waals surface area contributed by atoms with E-state index >= 15 is 0 Å². The molecule has 3 rings (SSSR count). The largest absolute Gasteiger partial charge is 0.396 e. The maximum absolute atomic E-state index is 12.4. The van der Waals surface area contributed by atoms with Crippen molar-refractivity contribution in [3.63, 3.8) is 0 Å². The molecule has 1 amide bonds. The third-order valence-corrected chi connectivity index (χ3v) is 5.12. The number of nitrogens with zero attached hydrogens (tertiary/aromatic N) is 1. The minimum absolute atomic E-state index is 0.00118. The number of aryl methyl sites for hydroxylation is 1. The highest BCUT2D eigenvalue weighted by molar-refractivity contribution is 7.13. The maximum Gasteiger partial charge on any atom is 0.263 e. The summed E-state index contributed by atoms with van der Waals surface area (Å²) in [7, 11) is 0. The van der Waals surface area contributed by atoms with Crippen LogP contribution in [0.1, 0.15) is 32.4 Å². The van der Waals surface area contributed by atoms with Gasteiger partial charge in [0.15, 0.2) is 0 Å². The van der Waals surface area contributed by atoms with Crippen LogP contribution in [0.2, 0.25) is 0 Å². The van der Waals surface area contributed by atoms with Crippen LogP contribution in [0.15, 0.2) is 42.5 Å². The Balaban J connectivity index is 1.66. The van der Waals surface area contributed by atoms with Gasteiger partial charge in [0.05, 0.1) is 10.7 Å². The molecule has 0 saturated carbocycles. The summed E-state index contributed by atoms with van der Waals surface area (Å²) < 4.78 is 0. The van der Waals surface area contributed by atoms with Crippen molar-refractivity contribution in [1.82, 2.24) is 10.3 Å². The topological polar surface area (TPSA) is 62.2 Å². The first-order valence-electron chi connectivity index (χ1n) is 7.76. The first-order chi connectivity index (χ1) is 11.2. The van der Waals surface area contributed by atoms with Gasteiger partial charge in [-0.15, -0.1) is 11.3 Å². The number of aliphatic hydroxyl groups excluding tert-OH is 1. The summed E-state index contributed by atoms with van der Waals surface area (Å²) in [4.78, 5) is 17.7. The van der Waals surface area contributed by atoms with Crippen molar-refractivity contribution in [2.45, 2.75) is 25.8 Å². The molecule has 0 bridgehead atoms. The smallest absolute Gasteiger partial charge is 0.263 e. The van der Waals surface area contributed by atoms with Crippen LogP contribution in [0.25, 0.3) is 0 Å². The lowest BCUT2D eigenvalue weighted by molar-refractivity contribution is 0.0944. The number of carbonyl (C=O) groups is 1. The number of nitrogens with one attached hydrogen (secondary N) is 1. The number of amides is 1. The van der Waals surface area contributed by atoms with E-state index < -0.39 is 0 Å². The molecule has 1 aliphatic rings. The van der Waals surface area contributed by atoms with E-state index in [1.807, 2.05) is 37.3 Å². The van der Waals surface area contributed by atoms with Crippen LogP contribution in [0, 0.1) is 12.8 Å². The number of aliphatic hydroxyl groups is 1. The van der Waals surface area contributed by atoms with E-state index in [-0.39, 0.29) is 24.5 Å². The van der Waals surface area contributed by atoms with Crippen molar-refractivity contribution in [3.8, 4) is 0 Å². The summed E-state index contributed by atoms with van der Waals surface area (Å²) in [6.45, 7) is 2.00. The Morgan fingerprint density at radius 1 is 1.35 bits per heavy atom. The second-order valence-corrected chi connectivity index (χ2v) is 6.91. The molecule has 2 aromatic rings. The molecule has 0 spiro atoms. The van der Waals surface area contributed by atoms with Gasteiger partial charge in [-0.3, -0.25) is 4.79 Å². The molecular weight excluding hydrogens is 308 g/mol. The van der Waals surface area contributed by atoms with Gasteiger partial charge in [0.25, 0.3) is 5.91 Å². The number of hydrogen-bond acceptors (Lipinski definition) is 4. The van der Waals surface area contributed by atoms with Gasteiger partial charge in [-0.2, -0.15) is 0 Å². The highest BCUT2D eigenvalue weighted by Gasteiger charge is 2.22. The highest BCUT2D eigenvalue weighted by atomic mass is 32.1. The van der Waals surface area contributed by atoms with Crippen LogP contribution >= 0.6 is 11.3 Å². The summed E-state index contributed by atoms with van der Waals surface area (Å²) in [5.74, 6) is 0.0732. The number of aromatic nitrogens is 1. The fraction of sp³-hybridized carbons (Fsp3) is 0.333. The summed E-state index contributed by atoms with van der Waals surface area (Å²) in [6.07, 6.45) is 5.43. The van der Waals surface area contributed by atoms with Gasteiger partial charge < -0.3 is 10.4 Å². The Kier molecular flexibility index (Phi) is 4.88. The Hall–Kier alpha value is -1.98. The average molecular weight is 328 g/mol. The van der Waals surface area contributed by atoms with Crippen molar-refractivity contribution in [3.05, 3.63) is 63.6 Å². The molecule has 0 fully saturated rings. The Bertz CT molecular complexity index is 709. The monoisotopic (exact) mass is 328 g/mol. The van der Waals surface area contributed by atoms with Gasteiger partial charge in [0.1, 0.15) is 4.88 Å². The molecule has 0 unspecified atom stereocenters. The van der Waals surface area contributed by atoms with E-state index in [2.05, 4.69) is 22.4 Å². The van der Waals surface area contributed by atoms with Crippen LogP contribution in [-0.2, 0) is 6.42 Å². The van der Waals surface area contributed by atoms with Crippen molar-refractivity contribution in [2.24, 2.45) is 5.92 Å². The maximum atomic E-state index is 12.4. The highest BCUT2D eigenvalue weighted by Crippen LogP contribution is 2.22. The molecule has 2 atom stereocenters. The van der Waals surface area contributed by atoms with Gasteiger partial charge in [-0.1, -0.05) is 42.5 Å². The zero-order chi connectivity index (χ0) is 16.2.